The minimum atomic E-state index is -0.485. The average Bonchev–Trinajstić information content (AvgIpc) is 3.48. The number of rotatable bonds is 2. The summed E-state index contributed by atoms with van der Waals surface area (Å²) in [5.74, 6) is 1.22. The summed E-state index contributed by atoms with van der Waals surface area (Å²) in [7, 11) is 1.89. The standard InChI is InChI=1S/C21H20ClFN4O2.C4H6N2/c1-12-8-18-25-20-15(21(28)27(18)11-12)10-17(26-4-6-29-7-5-26)24-19(20)14-3-2-13(22)9-16(14)23;1-6-4-2-3-5-6/h2-3,9-10,12H,4-8,11H2,1H3;2-4H,1H3. The van der Waals surface area contributed by atoms with Gasteiger partial charge in [0.15, 0.2) is 0 Å². The van der Waals surface area contributed by atoms with Crippen LogP contribution in [-0.4, -0.2) is 50.6 Å². The number of halogens is 2. The Bertz CT molecular complexity index is 1420. The van der Waals surface area contributed by atoms with E-state index in [1.54, 1.807) is 33.6 Å². The van der Waals surface area contributed by atoms with Crippen molar-refractivity contribution in [2.75, 3.05) is 31.2 Å². The fourth-order valence-corrected chi connectivity index (χ4v) is 4.61. The first kappa shape index (κ1) is 23.4. The van der Waals surface area contributed by atoms with Gasteiger partial charge in [-0.1, -0.05) is 18.5 Å². The first-order chi connectivity index (χ1) is 16.9. The molecule has 0 amide bonds. The Kier molecular flexibility index (Phi) is 6.53. The van der Waals surface area contributed by atoms with Crippen LogP contribution in [0, 0.1) is 11.7 Å². The molecule has 8 nitrogen and oxygen atoms in total. The van der Waals surface area contributed by atoms with E-state index in [-0.39, 0.29) is 11.1 Å². The molecular weight excluding hydrogens is 471 g/mol. The molecule has 1 aromatic carbocycles. The van der Waals surface area contributed by atoms with Crippen LogP contribution >= 0.6 is 11.6 Å². The molecule has 1 fully saturated rings. The first-order valence-corrected chi connectivity index (χ1v) is 11.9. The van der Waals surface area contributed by atoms with Crippen molar-refractivity contribution < 1.29 is 9.13 Å². The van der Waals surface area contributed by atoms with E-state index in [1.165, 1.54) is 6.07 Å². The average molecular weight is 497 g/mol. The third kappa shape index (κ3) is 4.78. The molecule has 35 heavy (non-hydrogen) atoms. The topological polar surface area (TPSA) is 78.1 Å². The summed E-state index contributed by atoms with van der Waals surface area (Å²) in [6, 6.07) is 8.15. The number of anilines is 1. The second kappa shape index (κ2) is 9.75. The minimum Gasteiger partial charge on any atom is -0.378 e. The highest BCUT2D eigenvalue weighted by atomic mass is 35.5. The zero-order chi connectivity index (χ0) is 24.5. The molecule has 0 aliphatic carbocycles. The molecule has 3 aromatic heterocycles. The number of aromatic nitrogens is 5. The third-order valence-electron chi connectivity index (χ3n) is 6.19. The second-order valence-electron chi connectivity index (χ2n) is 8.88. The smallest absolute Gasteiger partial charge is 0.261 e. The van der Waals surface area contributed by atoms with Gasteiger partial charge in [0.25, 0.3) is 5.56 Å². The molecule has 10 heteroatoms. The van der Waals surface area contributed by atoms with Crippen LogP contribution in [0.4, 0.5) is 10.2 Å². The molecule has 0 N–H and O–H groups in total. The number of aryl methyl sites for hydroxylation is 1. The van der Waals surface area contributed by atoms with Crippen LogP contribution in [0.25, 0.3) is 22.2 Å². The lowest BCUT2D eigenvalue weighted by Crippen LogP contribution is -2.37. The molecule has 0 spiro atoms. The van der Waals surface area contributed by atoms with Crippen LogP contribution < -0.4 is 10.5 Å². The molecule has 0 bridgehead atoms. The Hall–Kier alpha value is -3.30. The minimum absolute atomic E-state index is 0.0955. The number of hydrogen-bond acceptors (Lipinski definition) is 6. The molecule has 1 atom stereocenters. The van der Waals surface area contributed by atoms with Gasteiger partial charge in [0.2, 0.25) is 0 Å². The van der Waals surface area contributed by atoms with Crippen molar-refractivity contribution in [3.63, 3.8) is 0 Å². The van der Waals surface area contributed by atoms with Crippen LogP contribution in [0.15, 0.2) is 47.5 Å². The van der Waals surface area contributed by atoms with Gasteiger partial charge in [-0.05, 0) is 36.2 Å². The zero-order valence-electron chi connectivity index (χ0n) is 19.6. The van der Waals surface area contributed by atoms with Crippen LogP contribution in [-0.2, 0) is 24.8 Å². The summed E-state index contributed by atoms with van der Waals surface area (Å²) in [4.78, 5) is 24.8. The maximum Gasteiger partial charge on any atom is 0.261 e. The van der Waals surface area contributed by atoms with Crippen LogP contribution in [0.2, 0.25) is 5.02 Å². The van der Waals surface area contributed by atoms with Crippen molar-refractivity contribution in [3.8, 4) is 11.3 Å². The SMILES string of the molecule is CC1Cc2nc3c(-c4ccc(Cl)cc4F)nc(N4CCOCC4)cc3c(=O)n2C1.Cn1cccn1. The van der Waals surface area contributed by atoms with Crippen molar-refractivity contribution in [1.82, 2.24) is 24.3 Å². The molecular formula is C25H26ClFN6O2. The number of morpholine rings is 1. The summed E-state index contributed by atoms with van der Waals surface area (Å²) in [6.45, 7) is 5.25. The molecule has 4 aromatic rings. The summed E-state index contributed by atoms with van der Waals surface area (Å²) >= 11 is 5.94. The Morgan fingerprint density at radius 2 is 1.97 bits per heavy atom. The normalized spacial score (nSPS) is 17.3. The van der Waals surface area contributed by atoms with Crippen molar-refractivity contribution in [1.29, 1.82) is 0 Å². The Labute approximate surface area is 206 Å². The maximum atomic E-state index is 14.8. The van der Waals surface area contributed by atoms with Gasteiger partial charge in [0.1, 0.15) is 28.7 Å². The van der Waals surface area contributed by atoms with Crippen molar-refractivity contribution >= 4 is 28.3 Å². The maximum absolute atomic E-state index is 14.8. The van der Waals surface area contributed by atoms with Gasteiger partial charge in [0.05, 0.1) is 18.6 Å². The lowest BCUT2D eigenvalue weighted by Gasteiger charge is -2.28. The van der Waals surface area contributed by atoms with Gasteiger partial charge in [-0.2, -0.15) is 5.10 Å². The number of benzene rings is 1. The molecule has 2 aliphatic heterocycles. The predicted molar refractivity (Wildman–Crippen MR) is 133 cm³/mol. The number of fused-ring (bicyclic) bond motifs is 2. The van der Waals surface area contributed by atoms with Crippen molar-refractivity contribution in [3.05, 3.63) is 69.7 Å². The summed E-state index contributed by atoms with van der Waals surface area (Å²) < 4.78 is 23.7. The van der Waals surface area contributed by atoms with E-state index >= 15 is 0 Å². The fraction of sp³-hybridized carbons (Fsp3) is 0.360. The van der Waals surface area contributed by atoms with Crippen molar-refractivity contribution in [2.24, 2.45) is 13.0 Å². The Morgan fingerprint density at radius 3 is 2.63 bits per heavy atom. The third-order valence-corrected chi connectivity index (χ3v) is 6.43. The monoisotopic (exact) mass is 496 g/mol. The molecule has 0 saturated carbocycles. The largest absolute Gasteiger partial charge is 0.378 e. The van der Waals surface area contributed by atoms with Crippen molar-refractivity contribution in [2.45, 2.75) is 19.9 Å². The number of nitrogens with zero attached hydrogens (tertiary/aromatic N) is 6. The van der Waals surface area contributed by atoms with Gasteiger partial charge < -0.3 is 9.64 Å². The number of ether oxygens (including phenoxy) is 1. The van der Waals surface area contributed by atoms with E-state index in [0.29, 0.717) is 66.2 Å². The van der Waals surface area contributed by atoms with E-state index in [4.69, 9.17) is 26.3 Å². The quantitative estimate of drug-likeness (QED) is 0.421. The van der Waals surface area contributed by atoms with Crippen LogP contribution in [0.5, 0.6) is 0 Å². The number of pyridine rings is 1. The molecule has 2 aliphatic rings. The molecule has 182 valence electrons. The molecule has 6 rings (SSSR count). The van der Waals surface area contributed by atoms with Gasteiger partial charge in [-0.25, -0.2) is 14.4 Å². The Morgan fingerprint density at radius 1 is 1.17 bits per heavy atom. The molecule has 5 heterocycles. The second-order valence-corrected chi connectivity index (χ2v) is 9.32. The van der Waals surface area contributed by atoms with E-state index < -0.39 is 5.82 Å². The lowest BCUT2D eigenvalue weighted by molar-refractivity contribution is 0.122. The van der Waals surface area contributed by atoms with E-state index in [0.717, 1.165) is 12.2 Å². The summed E-state index contributed by atoms with van der Waals surface area (Å²) in [5, 5.41) is 4.60. The van der Waals surface area contributed by atoms with Crippen LogP contribution in [0.1, 0.15) is 12.7 Å². The van der Waals surface area contributed by atoms with Gasteiger partial charge in [-0.15, -0.1) is 0 Å². The molecule has 0 radical (unpaired) electrons. The highest BCUT2D eigenvalue weighted by Crippen LogP contribution is 2.32. The zero-order valence-corrected chi connectivity index (χ0v) is 20.4. The van der Waals surface area contributed by atoms with Gasteiger partial charge in [-0.3, -0.25) is 14.0 Å². The predicted octanol–water partition coefficient (Wildman–Crippen LogP) is 3.70. The highest BCUT2D eigenvalue weighted by molar-refractivity contribution is 6.30. The number of hydrogen-bond donors (Lipinski definition) is 0. The molecule has 1 saturated heterocycles. The highest BCUT2D eigenvalue weighted by Gasteiger charge is 2.25. The van der Waals surface area contributed by atoms with E-state index in [1.807, 2.05) is 19.3 Å². The van der Waals surface area contributed by atoms with E-state index in [2.05, 4.69) is 16.9 Å². The Balaban J connectivity index is 0.000000371. The summed E-state index contributed by atoms with van der Waals surface area (Å²) in [5.41, 5.74) is 1.01. The first-order valence-electron chi connectivity index (χ1n) is 11.6. The lowest BCUT2D eigenvalue weighted by atomic mass is 10.1. The van der Waals surface area contributed by atoms with Gasteiger partial charge in [0, 0.05) is 56.1 Å². The summed E-state index contributed by atoms with van der Waals surface area (Å²) in [6.07, 6.45) is 4.36. The van der Waals surface area contributed by atoms with Crippen LogP contribution in [0.3, 0.4) is 0 Å². The van der Waals surface area contributed by atoms with Gasteiger partial charge >= 0.3 is 0 Å². The molecule has 1 unspecified atom stereocenters. The van der Waals surface area contributed by atoms with E-state index in [9.17, 15) is 9.18 Å². The fourth-order valence-electron chi connectivity index (χ4n) is 4.45.